The van der Waals surface area contributed by atoms with Crippen molar-refractivity contribution in [3.05, 3.63) is 76.5 Å². The molecule has 126 valence electrons. The first kappa shape index (κ1) is 16.4. The van der Waals surface area contributed by atoms with Crippen LogP contribution in [0.25, 0.3) is 11.4 Å². The second kappa shape index (κ2) is 7.00. The predicted molar refractivity (Wildman–Crippen MR) is 88.2 cm³/mol. The van der Waals surface area contributed by atoms with Crippen LogP contribution >= 0.6 is 0 Å². The summed E-state index contributed by atoms with van der Waals surface area (Å²) in [4.78, 5) is 38.9. The average molecular weight is 339 g/mol. The van der Waals surface area contributed by atoms with E-state index in [2.05, 4.69) is 25.3 Å². The van der Waals surface area contributed by atoms with Crippen LogP contribution in [0.15, 0.2) is 53.7 Å². The summed E-state index contributed by atoms with van der Waals surface area (Å²) >= 11 is 0. The van der Waals surface area contributed by atoms with Gasteiger partial charge in [0, 0.05) is 17.8 Å². The molecule has 0 aliphatic rings. The highest BCUT2D eigenvalue weighted by atomic mass is 19.1. The first-order valence-corrected chi connectivity index (χ1v) is 7.47. The van der Waals surface area contributed by atoms with E-state index in [4.69, 9.17) is 0 Å². The van der Waals surface area contributed by atoms with Crippen molar-refractivity contribution in [1.29, 1.82) is 0 Å². The van der Waals surface area contributed by atoms with Crippen LogP contribution in [-0.4, -0.2) is 25.8 Å². The number of carbonyl (C=O) groups excluding carboxylic acids is 1. The van der Waals surface area contributed by atoms with E-state index in [-0.39, 0.29) is 16.9 Å². The SMILES string of the molecule is CC(NC(=O)c1cccc(F)c1)c1nc(-c2ccncn2)cc(=O)[nH]1. The summed E-state index contributed by atoms with van der Waals surface area (Å²) < 4.78 is 13.2. The third-order valence-corrected chi connectivity index (χ3v) is 3.45. The average Bonchev–Trinajstić information content (AvgIpc) is 2.62. The summed E-state index contributed by atoms with van der Waals surface area (Å²) in [6.07, 6.45) is 2.90. The number of hydrogen-bond donors (Lipinski definition) is 2. The van der Waals surface area contributed by atoms with Gasteiger partial charge in [-0.3, -0.25) is 9.59 Å². The molecular weight excluding hydrogens is 325 g/mol. The van der Waals surface area contributed by atoms with Gasteiger partial charge >= 0.3 is 0 Å². The molecule has 0 aliphatic carbocycles. The van der Waals surface area contributed by atoms with Crippen LogP contribution in [-0.2, 0) is 0 Å². The summed E-state index contributed by atoms with van der Waals surface area (Å²) in [6.45, 7) is 1.67. The number of H-pyrrole nitrogens is 1. The number of nitrogens with one attached hydrogen (secondary N) is 2. The molecule has 2 aromatic heterocycles. The number of carbonyl (C=O) groups is 1. The molecule has 2 N–H and O–H groups in total. The Morgan fingerprint density at radius 2 is 2.08 bits per heavy atom. The van der Waals surface area contributed by atoms with Gasteiger partial charge in [-0.15, -0.1) is 0 Å². The molecule has 0 saturated heterocycles. The van der Waals surface area contributed by atoms with Crippen molar-refractivity contribution in [1.82, 2.24) is 25.3 Å². The Hall–Kier alpha value is -3.42. The second-order valence-electron chi connectivity index (χ2n) is 5.32. The number of rotatable bonds is 4. The normalized spacial score (nSPS) is 11.8. The minimum Gasteiger partial charge on any atom is -0.342 e. The summed E-state index contributed by atoms with van der Waals surface area (Å²) in [6, 6.07) is 7.68. The van der Waals surface area contributed by atoms with E-state index >= 15 is 0 Å². The number of halogens is 1. The molecule has 1 unspecified atom stereocenters. The quantitative estimate of drug-likeness (QED) is 0.755. The summed E-state index contributed by atoms with van der Waals surface area (Å²) in [5.74, 6) is -0.703. The van der Waals surface area contributed by atoms with Gasteiger partial charge in [-0.1, -0.05) is 6.07 Å². The molecular formula is C17H14FN5O2. The molecule has 1 amide bonds. The molecule has 3 rings (SSSR count). The molecule has 8 heteroatoms. The topological polar surface area (TPSA) is 101 Å². The molecule has 0 aliphatic heterocycles. The van der Waals surface area contributed by atoms with Gasteiger partial charge in [0.25, 0.3) is 11.5 Å². The van der Waals surface area contributed by atoms with Crippen LogP contribution in [0.5, 0.6) is 0 Å². The Kier molecular flexibility index (Phi) is 4.60. The van der Waals surface area contributed by atoms with E-state index in [0.717, 1.165) is 6.07 Å². The Morgan fingerprint density at radius 1 is 1.24 bits per heavy atom. The van der Waals surface area contributed by atoms with E-state index in [1.165, 1.54) is 30.6 Å². The van der Waals surface area contributed by atoms with Crippen LogP contribution in [0.3, 0.4) is 0 Å². The third-order valence-electron chi connectivity index (χ3n) is 3.45. The van der Waals surface area contributed by atoms with E-state index < -0.39 is 17.8 Å². The Labute approximate surface area is 142 Å². The molecule has 0 radical (unpaired) electrons. The Balaban J connectivity index is 1.85. The number of nitrogens with zero attached hydrogens (tertiary/aromatic N) is 3. The maximum atomic E-state index is 13.2. The van der Waals surface area contributed by atoms with E-state index in [1.807, 2.05) is 0 Å². The molecule has 25 heavy (non-hydrogen) atoms. The molecule has 0 saturated carbocycles. The molecule has 0 spiro atoms. The van der Waals surface area contributed by atoms with Gasteiger partial charge in [-0.05, 0) is 31.2 Å². The number of hydrogen-bond acceptors (Lipinski definition) is 5. The molecule has 3 aromatic rings. The predicted octanol–water partition coefficient (Wildman–Crippen LogP) is 1.86. The minimum absolute atomic E-state index is 0.182. The lowest BCUT2D eigenvalue weighted by atomic mass is 10.2. The number of amides is 1. The first-order valence-electron chi connectivity index (χ1n) is 7.47. The highest BCUT2D eigenvalue weighted by Gasteiger charge is 2.15. The smallest absolute Gasteiger partial charge is 0.251 e. The van der Waals surface area contributed by atoms with Gasteiger partial charge in [0.1, 0.15) is 18.0 Å². The Bertz CT molecular complexity index is 959. The molecule has 1 atom stereocenters. The standard InChI is InChI=1S/C17H14FN5O2/c1-10(21-17(25)11-3-2-4-12(18)7-11)16-22-14(8-15(24)23-16)13-5-6-19-9-20-13/h2-10H,1H3,(H,21,25)(H,22,23,24). The van der Waals surface area contributed by atoms with Crippen molar-refractivity contribution < 1.29 is 9.18 Å². The fraction of sp³-hybridized carbons (Fsp3) is 0.118. The van der Waals surface area contributed by atoms with Crippen molar-refractivity contribution >= 4 is 5.91 Å². The minimum atomic E-state index is -0.592. The van der Waals surface area contributed by atoms with Gasteiger partial charge in [0.2, 0.25) is 0 Å². The van der Waals surface area contributed by atoms with Crippen LogP contribution in [0.2, 0.25) is 0 Å². The van der Waals surface area contributed by atoms with E-state index in [9.17, 15) is 14.0 Å². The number of aromatic amines is 1. The molecule has 2 heterocycles. The van der Waals surface area contributed by atoms with Gasteiger partial charge in [-0.2, -0.15) is 0 Å². The number of benzene rings is 1. The van der Waals surface area contributed by atoms with Crippen LogP contribution in [0.4, 0.5) is 4.39 Å². The van der Waals surface area contributed by atoms with Gasteiger partial charge in [0.15, 0.2) is 0 Å². The van der Waals surface area contributed by atoms with E-state index in [0.29, 0.717) is 11.4 Å². The first-order chi connectivity index (χ1) is 12.0. The van der Waals surface area contributed by atoms with Crippen molar-refractivity contribution in [2.24, 2.45) is 0 Å². The van der Waals surface area contributed by atoms with Crippen molar-refractivity contribution in [3.8, 4) is 11.4 Å². The zero-order chi connectivity index (χ0) is 17.8. The van der Waals surface area contributed by atoms with Gasteiger partial charge in [0.05, 0.1) is 17.4 Å². The van der Waals surface area contributed by atoms with Crippen molar-refractivity contribution in [2.45, 2.75) is 13.0 Å². The van der Waals surface area contributed by atoms with Crippen LogP contribution < -0.4 is 10.9 Å². The van der Waals surface area contributed by atoms with Crippen LogP contribution in [0.1, 0.15) is 29.1 Å². The lowest BCUT2D eigenvalue weighted by Crippen LogP contribution is -2.29. The zero-order valence-corrected chi connectivity index (χ0v) is 13.2. The maximum Gasteiger partial charge on any atom is 0.251 e. The lowest BCUT2D eigenvalue weighted by Gasteiger charge is -2.14. The fourth-order valence-electron chi connectivity index (χ4n) is 2.23. The molecule has 0 bridgehead atoms. The molecule has 1 aromatic carbocycles. The maximum absolute atomic E-state index is 13.2. The monoisotopic (exact) mass is 339 g/mol. The lowest BCUT2D eigenvalue weighted by molar-refractivity contribution is 0.0937. The zero-order valence-electron chi connectivity index (χ0n) is 13.2. The largest absolute Gasteiger partial charge is 0.342 e. The van der Waals surface area contributed by atoms with Crippen molar-refractivity contribution in [2.75, 3.05) is 0 Å². The highest BCUT2D eigenvalue weighted by molar-refractivity contribution is 5.94. The Morgan fingerprint density at radius 3 is 2.80 bits per heavy atom. The van der Waals surface area contributed by atoms with E-state index in [1.54, 1.807) is 19.2 Å². The molecule has 0 fully saturated rings. The highest BCUT2D eigenvalue weighted by Crippen LogP contribution is 2.14. The van der Waals surface area contributed by atoms with Crippen molar-refractivity contribution in [3.63, 3.8) is 0 Å². The summed E-state index contributed by atoms with van der Waals surface area (Å²) in [5, 5.41) is 2.67. The summed E-state index contributed by atoms with van der Waals surface area (Å²) in [7, 11) is 0. The fourth-order valence-corrected chi connectivity index (χ4v) is 2.23. The molecule has 7 nitrogen and oxygen atoms in total. The van der Waals surface area contributed by atoms with Crippen LogP contribution in [0, 0.1) is 5.82 Å². The third kappa shape index (κ3) is 3.92. The van der Waals surface area contributed by atoms with Gasteiger partial charge in [-0.25, -0.2) is 19.3 Å². The number of aromatic nitrogens is 4. The summed E-state index contributed by atoms with van der Waals surface area (Å²) in [5.41, 5.74) is 0.672. The van der Waals surface area contributed by atoms with Gasteiger partial charge < -0.3 is 10.3 Å². The second-order valence-corrected chi connectivity index (χ2v) is 5.32.